The number of rotatable bonds is 3. The quantitative estimate of drug-likeness (QED) is 0.893. The van der Waals surface area contributed by atoms with Crippen LogP contribution in [-0.2, 0) is 10.2 Å². The second kappa shape index (κ2) is 4.42. The number of hydrogen-bond acceptors (Lipinski definition) is 4. The van der Waals surface area contributed by atoms with Crippen LogP contribution in [0.25, 0.3) is 10.6 Å². The molecule has 0 aliphatic heterocycles. The van der Waals surface area contributed by atoms with Gasteiger partial charge in [0.15, 0.2) is 0 Å². The van der Waals surface area contributed by atoms with E-state index in [1.807, 2.05) is 6.07 Å². The van der Waals surface area contributed by atoms with Crippen LogP contribution >= 0.6 is 11.3 Å². The largest absolute Gasteiger partial charge is 0.508 e. The molecule has 0 atom stereocenters. The molecule has 2 aromatic rings. The molecule has 0 aliphatic carbocycles. The number of phenolic OH excluding ortho intramolecular Hbond substituents is 1. The molecular formula is C13H13NO3S. The number of carboxylic acid groups (broad SMARTS) is 1. The molecule has 94 valence electrons. The van der Waals surface area contributed by atoms with Crippen LogP contribution in [0.1, 0.15) is 19.5 Å². The Morgan fingerprint density at radius 2 is 2.11 bits per heavy atom. The first-order valence-electron chi connectivity index (χ1n) is 5.40. The van der Waals surface area contributed by atoms with Crippen molar-refractivity contribution in [2.24, 2.45) is 0 Å². The van der Waals surface area contributed by atoms with Gasteiger partial charge in [0.1, 0.15) is 16.2 Å². The van der Waals surface area contributed by atoms with Crippen molar-refractivity contribution in [1.29, 1.82) is 0 Å². The summed E-state index contributed by atoms with van der Waals surface area (Å²) in [5.41, 5.74) is 0.303. The number of carboxylic acids is 1. The predicted octanol–water partition coefficient (Wildman–Crippen LogP) is 2.88. The van der Waals surface area contributed by atoms with Crippen molar-refractivity contribution in [2.45, 2.75) is 19.3 Å². The van der Waals surface area contributed by atoms with E-state index in [1.165, 1.54) is 11.3 Å². The molecule has 18 heavy (non-hydrogen) atoms. The van der Waals surface area contributed by atoms with E-state index in [-0.39, 0.29) is 5.75 Å². The molecule has 1 heterocycles. The summed E-state index contributed by atoms with van der Waals surface area (Å²) in [6.45, 7) is 3.24. The van der Waals surface area contributed by atoms with Crippen molar-refractivity contribution in [1.82, 2.24) is 4.98 Å². The van der Waals surface area contributed by atoms with Crippen LogP contribution in [0.5, 0.6) is 5.75 Å². The molecular weight excluding hydrogens is 250 g/mol. The summed E-state index contributed by atoms with van der Waals surface area (Å²) in [5, 5.41) is 21.0. The molecule has 0 bridgehead atoms. The molecule has 0 unspecified atom stereocenters. The molecule has 4 nitrogen and oxygen atoms in total. The third-order valence-corrected chi connectivity index (χ3v) is 3.66. The van der Waals surface area contributed by atoms with Crippen LogP contribution < -0.4 is 0 Å². The monoisotopic (exact) mass is 263 g/mol. The van der Waals surface area contributed by atoms with Crippen molar-refractivity contribution in [2.75, 3.05) is 0 Å². The van der Waals surface area contributed by atoms with Gasteiger partial charge >= 0.3 is 5.97 Å². The van der Waals surface area contributed by atoms with E-state index < -0.39 is 11.4 Å². The summed E-state index contributed by atoms with van der Waals surface area (Å²) in [6, 6.07) is 6.75. The van der Waals surface area contributed by atoms with E-state index in [2.05, 4.69) is 4.98 Å². The third kappa shape index (κ3) is 2.22. The number of thiazole rings is 1. The highest BCUT2D eigenvalue weighted by Crippen LogP contribution is 2.31. The Kier molecular flexibility index (Phi) is 3.09. The predicted molar refractivity (Wildman–Crippen MR) is 69.9 cm³/mol. The average Bonchev–Trinajstić information content (AvgIpc) is 2.78. The minimum absolute atomic E-state index is 0.168. The minimum Gasteiger partial charge on any atom is -0.508 e. The van der Waals surface area contributed by atoms with E-state index in [0.29, 0.717) is 10.7 Å². The highest BCUT2D eigenvalue weighted by molar-refractivity contribution is 7.13. The first-order valence-corrected chi connectivity index (χ1v) is 6.28. The van der Waals surface area contributed by atoms with Crippen molar-refractivity contribution in [3.63, 3.8) is 0 Å². The summed E-state index contributed by atoms with van der Waals surface area (Å²) < 4.78 is 0. The SMILES string of the molecule is CC(C)(C(=O)O)c1csc(-c2cccc(O)c2)n1. The van der Waals surface area contributed by atoms with Gasteiger partial charge < -0.3 is 10.2 Å². The van der Waals surface area contributed by atoms with E-state index in [4.69, 9.17) is 5.11 Å². The van der Waals surface area contributed by atoms with E-state index in [9.17, 15) is 9.90 Å². The van der Waals surface area contributed by atoms with Crippen LogP contribution in [-0.4, -0.2) is 21.2 Å². The van der Waals surface area contributed by atoms with Gasteiger partial charge in [-0.1, -0.05) is 12.1 Å². The first-order chi connectivity index (χ1) is 8.41. The Hall–Kier alpha value is -1.88. The van der Waals surface area contributed by atoms with Gasteiger partial charge in [-0.2, -0.15) is 0 Å². The zero-order chi connectivity index (χ0) is 13.3. The maximum atomic E-state index is 11.1. The van der Waals surface area contributed by atoms with E-state index >= 15 is 0 Å². The lowest BCUT2D eigenvalue weighted by atomic mass is 9.90. The lowest BCUT2D eigenvalue weighted by Gasteiger charge is -2.15. The average molecular weight is 263 g/mol. The zero-order valence-corrected chi connectivity index (χ0v) is 10.9. The molecule has 0 saturated heterocycles. The van der Waals surface area contributed by atoms with Crippen molar-refractivity contribution >= 4 is 17.3 Å². The fraction of sp³-hybridized carbons (Fsp3) is 0.231. The van der Waals surface area contributed by atoms with Crippen molar-refractivity contribution < 1.29 is 15.0 Å². The van der Waals surface area contributed by atoms with Gasteiger partial charge in [0, 0.05) is 10.9 Å². The fourth-order valence-corrected chi connectivity index (χ4v) is 2.43. The molecule has 0 fully saturated rings. The number of benzene rings is 1. The summed E-state index contributed by atoms with van der Waals surface area (Å²) in [7, 11) is 0. The Morgan fingerprint density at radius 3 is 2.72 bits per heavy atom. The number of aromatic hydroxyl groups is 1. The van der Waals surface area contributed by atoms with Crippen LogP contribution in [0.4, 0.5) is 0 Å². The molecule has 0 amide bonds. The second-order valence-corrected chi connectivity index (χ2v) is 5.38. The maximum absolute atomic E-state index is 11.1. The van der Waals surface area contributed by atoms with Crippen LogP contribution in [0.2, 0.25) is 0 Å². The minimum atomic E-state index is -1.01. The first kappa shape index (κ1) is 12.6. The summed E-state index contributed by atoms with van der Waals surface area (Å²) in [4.78, 5) is 15.5. The summed E-state index contributed by atoms with van der Waals surface area (Å²) in [5.74, 6) is -0.739. The number of carbonyl (C=O) groups is 1. The van der Waals surface area contributed by atoms with Crippen molar-refractivity contribution in [3.05, 3.63) is 35.3 Å². The van der Waals surface area contributed by atoms with Gasteiger partial charge in [0.25, 0.3) is 0 Å². The number of aromatic nitrogens is 1. The topological polar surface area (TPSA) is 70.4 Å². The second-order valence-electron chi connectivity index (χ2n) is 4.52. The highest BCUT2D eigenvalue weighted by Gasteiger charge is 2.32. The fourth-order valence-electron chi connectivity index (χ4n) is 1.44. The molecule has 0 aliphatic rings. The van der Waals surface area contributed by atoms with Crippen LogP contribution in [0.15, 0.2) is 29.6 Å². The number of nitrogens with zero attached hydrogens (tertiary/aromatic N) is 1. The van der Waals surface area contributed by atoms with Gasteiger partial charge in [-0.05, 0) is 26.0 Å². The summed E-state index contributed by atoms with van der Waals surface area (Å²) in [6.07, 6.45) is 0. The third-order valence-electron chi connectivity index (χ3n) is 2.77. The molecule has 0 spiro atoms. The Bertz CT molecular complexity index is 589. The molecule has 0 radical (unpaired) electrons. The standard InChI is InChI=1S/C13H13NO3S/c1-13(2,12(16)17)10-7-18-11(14-10)8-4-3-5-9(15)6-8/h3-7,15H,1-2H3,(H,16,17). The molecule has 2 N–H and O–H groups in total. The molecule has 1 aromatic carbocycles. The van der Waals surface area contributed by atoms with Gasteiger partial charge in [-0.15, -0.1) is 11.3 Å². The number of phenols is 1. The Balaban J connectivity index is 2.40. The normalized spacial score (nSPS) is 11.4. The van der Waals surface area contributed by atoms with E-state index in [1.54, 1.807) is 37.4 Å². The van der Waals surface area contributed by atoms with Crippen molar-refractivity contribution in [3.8, 4) is 16.3 Å². The highest BCUT2D eigenvalue weighted by atomic mass is 32.1. The lowest BCUT2D eigenvalue weighted by Crippen LogP contribution is -2.28. The molecule has 2 rings (SSSR count). The van der Waals surface area contributed by atoms with Gasteiger partial charge in [-0.3, -0.25) is 4.79 Å². The zero-order valence-electron chi connectivity index (χ0n) is 10.0. The maximum Gasteiger partial charge on any atom is 0.315 e. The lowest BCUT2D eigenvalue weighted by molar-refractivity contribution is -0.142. The van der Waals surface area contributed by atoms with Gasteiger partial charge in [-0.25, -0.2) is 4.98 Å². The van der Waals surface area contributed by atoms with Gasteiger partial charge in [0.05, 0.1) is 5.69 Å². The molecule has 0 saturated carbocycles. The molecule has 1 aromatic heterocycles. The Morgan fingerprint density at radius 1 is 1.39 bits per heavy atom. The van der Waals surface area contributed by atoms with Gasteiger partial charge in [0.2, 0.25) is 0 Å². The summed E-state index contributed by atoms with van der Waals surface area (Å²) >= 11 is 1.37. The molecule has 5 heteroatoms. The van der Waals surface area contributed by atoms with E-state index in [0.717, 1.165) is 5.56 Å². The number of aliphatic carboxylic acids is 1. The Labute approximate surface area is 109 Å². The number of hydrogen-bond donors (Lipinski definition) is 2. The van der Waals surface area contributed by atoms with Crippen LogP contribution in [0.3, 0.4) is 0 Å². The smallest absolute Gasteiger partial charge is 0.315 e. The van der Waals surface area contributed by atoms with Crippen LogP contribution in [0, 0.1) is 0 Å².